The second-order valence-corrected chi connectivity index (χ2v) is 4.65. The molecule has 0 heterocycles. The van der Waals surface area contributed by atoms with Crippen molar-refractivity contribution < 1.29 is 41.0 Å². The Labute approximate surface area is 117 Å². The van der Waals surface area contributed by atoms with Gasteiger partial charge >= 0.3 is 18.3 Å². The third-order valence-corrected chi connectivity index (χ3v) is 2.72. The topological polar surface area (TPSA) is 58.6 Å². The molecule has 10 heteroatoms. The molecule has 1 atom stereocenters. The molecule has 0 bridgehead atoms. The summed E-state index contributed by atoms with van der Waals surface area (Å²) in [5.41, 5.74) is -1.66. The first-order valence-electron chi connectivity index (χ1n) is 6.08. The summed E-state index contributed by atoms with van der Waals surface area (Å²) < 4.78 is 77.2. The fraction of sp³-hybridized carbons (Fsp3) is 0.909. The third kappa shape index (κ3) is 6.51. The molecular weight excluding hydrogens is 308 g/mol. The van der Waals surface area contributed by atoms with Crippen LogP contribution in [0.15, 0.2) is 0 Å². The van der Waals surface area contributed by atoms with E-state index in [0.717, 1.165) is 0 Å². The molecule has 0 aliphatic rings. The van der Waals surface area contributed by atoms with E-state index in [9.17, 15) is 31.1 Å². The van der Waals surface area contributed by atoms with Crippen molar-refractivity contribution in [3.8, 4) is 0 Å². The number of carbonyl (C=O) groups is 1. The van der Waals surface area contributed by atoms with Crippen molar-refractivity contribution in [3.63, 3.8) is 0 Å². The van der Waals surface area contributed by atoms with Crippen LogP contribution in [0.3, 0.4) is 0 Å². The van der Waals surface area contributed by atoms with Crippen LogP contribution in [0.4, 0.5) is 26.3 Å². The summed E-state index contributed by atoms with van der Waals surface area (Å²) in [4.78, 5) is 11.0. The number of halogens is 6. The van der Waals surface area contributed by atoms with Gasteiger partial charge in [-0.1, -0.05) is 6.92 Å². The normalized spacial score (nSPS) is 16.0. The standard InChI is InChI=1S/C11H17F6NO3/c1-3-5-18-9(2,8(19)20)4-6-21-7(10(12,13)14)11(15,16)17/h7,18H,3-6H2,1-2H3,(H,19,20). The number of carboxylic acids is 1. The van der Waals surface area contributed by atoms with Gasteiger partial charge in [0.2, 0.25) is 6.10 Å². The van der Waals surface area contributed by atoms with Crippen LogP contribution in [0.1, 0.15) is 26.7 Å². The molecule has 1 unspecified atom stereocenters. The van der Waals surface area contributed by atoms with Gasteiger partial charge in [-0.2, -0.15) is 26.3 Å². The minimum atomic E-state index is -5.60. The molecule has 0 rings (SSSR count). The van der Waals surface area contributed by atoms with Crippen LogP contribution in [0, 0.1) is 0 Å². The van der Waals surface area contributed by atoms with E-state index in [2.05, 4.69) is 10.1 Å². The molecule has 126 valence electrons. The van der Waals surface area contributed by atoms with E-state index in [1.54, 1.807) is 6.92 Å². The highest BCUT2D eigenvalue weighted by molar-refractivity contribution is 5.78. The maximum absolute atomic E-state index is 12.2. The number of hydrogen-bond donors (Lipinski definition) is 2. The summed E-state index contributed by atoms with van der Waals surface area (Å²) >= 11 is 0. The zero-order chi connectivity index (χ0) is 16.9. The molecule has 0 radical (unpaired) electrons. The second-order valence-electron chi connectivity index (χ2n) is 4.65. The van der Waals surface area contributed by atoms with Gasteiger partial charge in [0.25, 0.3) is 0 Å². The number of carboxylic acid groups (broad SMARTS) is 1. The van der Waals surface area contributed by atoms with Crippen molar-refractivity contribution in [2.75, 3.05) is 13.2 Å². The van der Waals surface area contributed by atoms with Gasteiger partial charge in [0.1, 0.15) is 5.54 Å². The minimum absolute atomic E-state index is 0.255. The average Bonchev–Trinajstić information content (AvgIpc) is 2.28. The van der Waals surface area contributed by atoms with Gasteiger partial charge in [0, 0.05) is 0 Å². The van der Waals surface area contributed by atoms with Gasteiger partial charge in [0.15, 0.2) is 0 Å². The Hall–Kier alpha value is -1.03. The summed E-state index contributed by atoms with van der Waals surface area (Å²) in [5.74, 6) is -1.38. The van der Waals surface area contributed by atoms with Gasteiger partial charge < -0.3 is 15.2 Å². The Morgan fingerprint density at radius 3 is 2.00 bits per heavy atom. The van der Waals surface area contributed by atoms with Gasteiger partial charge in [-0.15, -0.1) is 0 Å². The highest BCUT2D eigenvalue weighted by Crippen LogP contribution is 2.35. The van der Waals surface area contributed by atoms with Gasteiger partial charge in [0.05, 0.1) is 6.61 Å². The van der Waals surface area contributed by atoms with Crippen LogP contribution < -0.4 is 5.32 Å². The van der Waals surface area contributed by atoms with Crippen molar-refractivity contribution in [2.45, 2.75) is 50.7 Å². The highest BCUT2D eigenvalue weighted by Gasteiger charge is 2.58. The van der Waals surface area contributed by atoms with Gasteiger partial charge in [-0.05, 0) is 26.3 Å². The Morgan fingerprint density at radius 1 is 1.19 bits per heavy atom. The molecule has 21 heavy (non-hydrogen) atoms. The fourth-order valence-corrected chi connectivity index (χ4v) is 1.43. The fourth-order valence-electron chi connectivity index (χ4n) is 1.43. The van der Waals surface area contributed by atoms with Crippen molar-refractivity contribution in [1.82, 2.24) is 5.32 Å². The molecule has 0 saturated heterocycles. The quantitative estimate of drug-likeness (QED) is 0.674. The van der Waals surface area contributed by atoms with Crippen LogP contribution in [0.2, 0.25) is 0 Å². The second kappa shape index (κ2) is 7.30. The molecule has 0 saturated carbocycles. The first-order valence-corrected chi connectivity index (χ1v) is 6.08. The third-order valence-electron chi connectivity index (χ3n) is 2.72. The van der Waals surface area contributed by atoms with E-state index < -0.39 is 43.0 Å². The molecule has 4 nitrogen and oxygen atoms in total. The van der Waals surface area contributed by atoms with E-state index in [-0.39, 0.29) is 6.54 Å². The SMILES string of the molecule is CCCNC(C)(CCOC(C(F)(F)F)C(F)(F)F)C(=O)O. The lowest BCUT2D eigenvalue weighted by molar-refractivity contribution is -0.322. The molecule has 0 amide bonds. The van der Waals surface area contributed by atoms with Crippen LogP contribution in [-0.4, -0.2) is 48.2 Å². The van der Waals surface area contributed by atoms with Crippen LogP contribution in [0.25, 0.3) is 0 Å². The lowest BCUT2D eigenvalue weighted by Gasteiger charge is -2.28. The van der Waals surface area contributed by atoms with E-state index in [1.165, 1.54) is 6.92 Å². The molecular formula is C11H17F6NO3. The first-order chi connectivity index (χ1) is 9.34. The molecule has 0 aromatic heterocycles. The Kier molecular flexibility index (Phi) is 6.94. The van der Waals surface area contributed by atoms with E-state index in [0.29, 0.717) is 6.42 Å². The minimum Gasteiger partial charge on any atom is -0.480 e. The Balaban J connectivity index is 4.71. The summed E-state index contributed by atoms with van der Waals surface area (Å²) in [6, 6.07) is 0. The predicted molar refractivity (Wildman–Crippen MR) is 60.8 cm³/mol. The monoisotopic (exact) mass is 325 g/mol. The van der Waals surface area contributed by atoms with Crippen molar-refractivity contribution in [1.29, 1.82) is 0 Å². The molecule has 2 N–H and O–H groups in total. The van der Waals surface area contributed by atoms with Gasteiger partial charge in [-0.3, -0.25) is 4.79 Å². The number of ether oxygens (including phenoxy) is 1. The maximum Gasteiger partial charge on any atom is 0.423 e. The van der Waals surface area contributed by atoms with Crippen molar-refractivity contribution in [3.05, 3.63) is 0 Å². The Bertz CT molecular complexity index is 330. The zero-order valence-electron chi connectivity index (χ0n) is 11.4. The lowest BCUT2D eigenvalue weighted by Crippen LogP contribution is -2.51. The van der Waals surface area contributed by atoms with Gasteiger partial charge in [-0.25, -0.2) is 0 Å². The van der Waals surface area contributed by atoms with E-state index >= 15 is 0 Å². The molecule has 0 aromatic rings. The Morgan fingerprint density at radius 2 is 1.67 bits per heavy atom. The molecule has 0 aliphatic carbocycles. The van der Waals surface area contributed by atoms with Crippen LogP contribution in [-0.2, 0) is 9.53 Å². The zero-order valence-corrected chi connectivity index (χ0v) is 11.4. The molecule has 0 aromatic carbocycles. The number of nitrogens with one attached hydrogen (secondary N) is 1. The first kappa shape index (κ1) is 20.0. The van der Waals surface area contributed by atoms with E-state index in [4.69, 9.17) is 5.11 Å². The molecule has 0 spiro atoms. The highest BCUT2D eigenvalue weighted by atomic mass is 19.4. The maximum atomic E-state index is 12.2. The number of rotatable bonds is 8. The number of alkyl halides is 6. The largest absolute Gasteiger partial charge is 0.480 e. The average molecular weight is 325 g/mol. The predicted octanol–water partition coefficient (Wildman–Crippen LogP) is 2.73. The summed E-state index contributed by atoms with van der Waals surface area (Å²) in [7, 11) is 0. The smallest absolute Gasteiger partial charge is 0.423 e. The van der Waals surface area contributed by atoms with Crippen molar-refractivity contribution >= 4 is 5.97 Å². The van der Waals surface area contributed by atoms with E-state index in [1.807, 2.05) is 0 Å². The summed E-state index contributed by atoms with van der Waals surface area (Å²) in [6.45, 7) is 2.16. The lowest BCUT2D eigenvalue weighted by atomic mass is 9.98. The summed E-state index contributed by atoms with van der Waals surface area (Å²) in [6.07, 6.45) is -15.1. The van der Waals surface area contributed by atoms with Crippen LogP contribution >= 0.6 is 0 Å². The van der Waals surface area contributed by atoms with Crippen LogP contribution in [0.5, 0.6) is 0 Å². The number of hydrogen-bond acceptors (Lipinski definition) is 3. The van der Waals surface area contributed by atoms with Crippen molar-refractivity contribution in [2.24, 2.45) is 0 Å². The number of aliphatic carboxylic acids is 1. The molecule has 0 aliphatic heterocycles. The molecule has 0 fully saturated rings. The summed E-state index contributed by atoms with van der Waals surface area (Å²) in [5, 5.41) is 11.5.